The van der Waals surface area contributed by atoms with Crippen LogP contribution in [0.4, 0.5) is 5.95 Å². The second kappa shape index (κ2) is 3.77. The second-order valence-electron chi connectivity index (χ2n) is 4.39. The number of aromatic nitrogens is 2. The van der Waals surface area contributed by atoms with Crippen molar-refractivity contribution in [2.24, 2.45) is 0 Å². The molecular formula is C12H14BrN3. The molecule has 1 aliphatic rings. The van der Waals surface area contributed by atoms with E-state index in [1.807, 2.05) is 12.1 Å². The monoisotopic (exact) mass is 279 g/mol. The van der Waals surface area contributed by atoms with E-state index in [0.29, 0.717) is 12.0 Å². The third kappa shape index (κ3) is 1.44. The summed E-state index contributed by atoms with van der Waals surface area (Å²) in [5.74, 6) is 0.647. The molecule has 2 N–H and O–H groups in total. The number of halogens is 1. The van der Waals surface area contributed by atoms with Crippen LogP contribution in [-0.2, 0) is 0 Å². The van der Waals surface area contributed by atoms with Gasteiger partial charge in [0, 0.05) is 10.5 Å². The van der Waals surface area contributed by atoms with E-state index in [2.05, 4.69) is 31.5 Å². The maximum absolute atomic E-state index is 6.03. The molecule has 84 valence electrons. The van der Waals surface area contributed by atoms with Crippen LogP contribution >= 0.6 is 15.9 Å². The lowest BCUT2D eigenvalue weighted by molar-refractivity contribution is 0.539. The molecule has 0 spiro atoms. The summed E-state index contributed by atoms with van der Waals surface area (Å²) in [4.78, 5) is 4.45. The first kappa shape index (κ1) is 10.1. The van der Waals surface area contributed by atoms with Crippen molar-refractivity contribution in [3.05, 3.63) is 22.7 Å². The van der Waals surface area contributed by atoms with Crippen molar-refractivity contribution in [1.82, 2.24) is 9.55 Å². The lowest BCUT2D eigenvalue weighted by Gasteiger charge is -2.13. The van der Waals surface area contributed by atoms with Gasteiger partial charge < -0.3 is 10.3 Å². The van der Waals surface area contributed by atoms with Gasteiger partial charge in [-0.1, -0.05) is 18.9 Å². The molecule has 0 radical (unpaired) electrons. The molecule has 0 atom stereocenters. The standard InChI is InChI=1S/C12H14BrN3/c13-9-6-3-7-10-11(9)15-12(14)16(10)8-4-1-2-5-8/h3,6-8H,1-2,4-5H2,(H2,14,15). The maximum atomic E-state index is 6.03. The summed E-state index contributed by atoms with van der Waals surface area (Å²) in [6.07, 6.45) is 5.06. The molecule has 3 nitrogen and oxygen atoms in total. The molecule has 0 amide bonds. The van der Waals surface area contributed by atoms with Crippen molar-refractivity contribution in [2.75, 3.05) is 5.73 Å². The lowest BCUT2D eigenvalue weighted by atomic mass is 10.2. The summed E-state index contributed by atoms with van der Waals surface area (Å²) in [5, 5.41) is 0. The van der Waals surface area contributed by atoms with Crippen LogP contribution in [0.15, 0.2) is 22.7 Å². The van der Waals surface area contributed by atoms with Crippen LogP contribution in [0.25, 0.3) is 11.0 Å². The molecule has 0 bridgehead atoms. The topological polar surface area (TPSA) is 43.8 Å². The molecule has 0 unspecified atom stereocenters. The van der Waals surface area contributed by atoms with Crippen molar-refractivity contribution in [1.29, 1.82) is 0 Å². The normalized spacial score (nSPS) is 17.3. The Hall–Kier alpha value is -1.03. The minimum Gasteiger partial charge on any atom is -0.369 e. The first-order valence-electron chi connectivity index (χ1n) is 5.69. The Morgan fingerprint density at radius 2 is 2.06 bits per heavy atom. The highest BCUT2D eigenvalue weighted by atomic mass is 79.9. The van der Waals surface area contributed by atoms with Gasteiger partial charge in [0.25, 0.3) is 0 Å². The smallest absolute Gasteiger partial charge is 0.201 e. The number of hydrogen-bond acceptors (Lipinski definition) is 2. The fourth-order valence-corrected chi connectivity index (χ4v) is 3.09. The SMILES string of the molecule is Nc1nc2c(Br)cccc2n1C1CCCC1. The van der Waals surface area contributed by atoms with Crippen molar-refractivity contribution >= 4 is 32.9 Å². The van der Waals surface area contributed by atoms with Gasteiger partial charge in [-0.15, -0.1) is 0 Å². The summed E-state index contributed by atoms with van der Waals surface area (Å²) < 4.78 is 3.22. The van der Waals surface area contributed by atoms with Crippen LogP contribution < -0.4 is 5.73 Å². The van der Waals surface area contributed by atoms with Gasteiger partial charge >= 0.3 is 0 Å². The van der Waals surface area contributed by atoms with Crippen LogP contribution in [0.1, 0.15) is 31.7 Å². The number of nitrogens with two attached hydrogens (primary N) is 1. The summed E-state index contributed by atoms with van der Waals surface area (Å²) in [7, 11) is 0. The van der Waals surface area contributed by atoms with Crippen molar-refractivity contribution in [3.8, 4) is 0 Å². The van der Waals surface area contributed by atoms with Gasteiger partial charge in [-0.05, 0) is 40.9 Å². The Morgan fingerprint density at radius 3 is 2.81 bits per heavy atom. The Kier molecular flexibility index (Phi) is 2.39. The van der Waals surface area contributed by atoms with Crippen molar-refractivity contribution < 1.29 is 0 Å². The van der Waals surface area contributed by atoms with Gasteiger partial charge in [0.05, 0.1) is 5.52 Å². The molecule has 2 aromatic rings. The second-order valence-corrected chi connectivity index (χ2v) is 5.24. The van der Waals surface area contributed by atoms with Crippen LogP contribution in [0, 0.1) is 0 Å². The molecule has 0 aliphatic heterocycles. The average molecular weight is 280 g/mol. The number of nitrogen functional groups attached to an aromatic ring is 1. The lowest BCUT2D eigenvalue weighted by Crippen LogP contribution is -2.08. The molecule has 4 heteroatoms. The highest BCUT2D eigenvalue weighted by molar-refractivity contribution is 9.10. The number of hydrogen-bond donors (Lipinski definition) is 1. The van der Waals surface area contributed by atoms with E-state index < -0.39 is 0 Å². The quantitative estimate of drug-likeness (QED) is 0.868. The summed E-state index contributed by atoms with van der Waals surface area (Å²) in [5.41, 5.74) is 8.16. The molecule has 1 saturated carbocycles. The fraction of sp³-hybridized carbons (Fsp3) is 0.417. The Labute approximate surface area is 103 Å². The summed E-state index contributed by atoms with van der Waals surface area (Å²) >= 11 is 3.52. The van der Waals surface area contributed by atoms with Crippen LogP contribution in [0.5, 0.6) is 0 Å². The minimum atomic E-state index is 0.541. The Morgan fingerprint density at radius 1 is 1.31 bits per heavy atom. The van der Waals surface area contributed by atoms with E-state index in [0.717, 1.165) is 15.5 Å². The van der Waals surface area contributed by atoms with E-state index >= 15 is 0 Å². The van der Waals surface area contributed by atoms with E-state index in [1.54, 1.807) is 0 Å². The molecule has 3 rings (SSSR count). The number of rotatable bonds is 1. The summed E-state index contributed by atoms with van der Waals surface area (Å²) in [6, 6.07) is 6.69. The van der Waals surface area contributed by atoms with Gasteiger partial charge in [0.1, 0.15) is 5.52 Å². The van der Waals surface area contributed by atoms with E-state index in [4.69, 9.17) is 5.73 Å². The Bertz CT molecular complexity index is 526. The largest absolute Gasteiger partial charge is 0.369 e. The zero-order chi connectivity index (χ0) is 11.1. The van der Waals surface area contributed by atoms with E-state index in [9.17, 15) is 0 Å². The van der Waals surface area contributed by atoms with Crippen LogP contribution in [0.2, 0.25) is 0 Å². The predicted molar refractivity (Wildman–Crippen MR) is 69.4 cm³/mol. The summed E-state index contributed by atoms with van der Waals surface area (Å²) in [6.45, 7) is 0. The highest BCUT2D eigenvalue weighted by Gasteiger charge is 2.21. The highest BCUT2D eigenvalue weighted by Crippen LogP contribution is 2.35. The predicted octanol–water partition coefficient (Wildman–Crippen LogP) is 3.50. The molecular weight excluding hydrogens is 266 g/mol. The first-order valence-corrected chi connectivity index (χ1v) is 6.48. The number of benzene rings is 1. The number of para-hydroxylation sites is 1. The Balaban J connectivity index is 2.22. The van der Waals surface area contributed by atoms with E-state index in [-0.39, 0.29) is 0 Å². The average Bonchev–Trinajstić information content (AvgIpc) is 2.85. The molecule has 1 aliphatic carbocycles. The van der Waals surface area contributed by atoms with Gasteiger partial charge in [0.15, 0.2) is 0 Å². The van der Waals surface area contributed by atoms with Crippen molar-refractivity contribution in [2.45, 2.75) is 31.7 Å². The zero-order valence-electron chi connectivity index (χ0n) is 8.99. The molecule has 1 fully saturated rings. The zero-order valence-corrected chi connectivity index (χ0v) is 10.6. The van der Waals surface area contributed by atoms with Crippen molar-refractivity contribution in [3.63, 3.8) is 0 Å². The first-order chi connectivity index (χ1) is 7.77. The minimum absolute atomic E-state index is 0.541. The van der Waals surface area contributed by atoms with Crippen LogP contribution in [0.3, 0.4) is 0 Å². The van der Waals surface area contributed by atoms with Gasteiger partial charge in [0.2, 0.25) is 5.95 Å². The van der Waals surface area contributed by atoms with Gasteiger partial charge in [-0.3, -0.25) is 0 Å². The molecule has 16 heavy (non-hydrogen) atoms. The van der Waals surface area contributed by atoms with Gasteiger partial charge in [-0.25, -0.2) is 4.98 Å². The molecule has 1 aromatic heterocycles. The van der Waals surface area contributed by atoms with Gasteiger partial charge in [-0.2, -0.15) is 0 Å². The number of imidazole rings is 1. The maximum Gasteiger partial charge on any atom is 0.201 e. The third-order valence-electron chi connectivity index (χ3n) is 3.39. The number of fused-ring (bicyclic) bond motifs is 1. The van der Waals surface area contributed by atoms with Crippen LogP contribution in [-0.4, -0.2) is 9.55 Å². The molecule has 1 heterocycles. The van der Waals surface area contributed by atoms with E-state index in [1.165, 1.54) is 25.7 Å². The number of nitrogens with zero attached hydrogens (tertiary/aromatic N) is 2. The number of anilines is 1. The molecule has 0 saturated heterocycles. The molecule has 1 aromatic carbocycles. The third-order valence-corrected chi connectivity index (χ3v) is 4.03. The fourth-order valence-electron chi connectivity index (χ4n) is 2.65.